The normalized spacial score (nSPS) is 23.0. The Hall–Kier alpha value is -0.420. The monoisotopic (exact) mass is 354 g/mol. The molecule has 0 bridgehead atoms. The van der Waals surface area contributed by atoms with E-state index in [4.69, 9.17) is 10.5 Å². The number of likely N-dealkylation sites (tertiary alicyclic amines) is 1. The van der Waals surface area contributed by atoms with Crippen LogP contribution in [0.4, 0.5) is 0 Å². The molecule has 4 heteroatoms. The van der Waals surface area contributed by atoms with E-state index in [0.717, 1.165) is 30.6 Å². The first-order valence-electron chi connectivity index (χ1n) is 8.02. The molecule has 1 aromatic carbocycles. The number of hydrogen-bond acceptors (Lipinski definition) is 3. The number of benzene rings is 1. The number of halogens is 1. The number of piperidine rings is 1. The van der Waals surface area contributed by atoms with Crippen molar-refractivity contribution in [3.8, 4) is 0 Å². The molecular formula is C17H27BrN2O. The van der Waals surface area contributed by atoms with Gasteiger partial charge in [-0.05, 0) is 50.4 Å². The van der Waals surface area contributed by atoms with Crippen molar-refractivity contribution in [1.82, 2.24) is 4.90 Å². The number of nitrogens with two attached hydrogens (primary N) is 1. The first kappa shape index (κ1) is 16.9. The van der Waals surface area contributed by atoms with Crippen LogP contribution in [0.15, 0.2) is 28.7 Å². The van der Waals surface area contributed by atoms with Gasteiger partial charge in [-0.1, -0.05) is 35.0 Å². The van der Waals surface area contributed by atoms with Crippen LogP contribution in [0.1, 0.15) is 44.7 Å². The summed E-state index contributed by atoms with van der Waals surface area (Å²) < 4.78 is 6.95. The molecule has 0 saturated carbocycles. The van der Waals surface area contributed by atoms with Crippen molar-refractivity contribution in [2.45, 2.75) is 51.3 Å². The van der Waals surface area contributed by atoms with Gasteiger partial charge in [-0.3, -0.25) is 4.90 Å². The molecule has 3 atom stereocenters. The summed E-state index contributed by atoms with van der Waals surface area (Å²) in [6, 6.07) is 9.03. The van der Waals surface area contributed by atoms with Gasteiger partial charge in [-0.15, -0.1) is 0 Å². The van der Waals surface area contributed by atoms with E-state index >= 15 is 0 Å². The maximum Gasteiger partial charge on any atom is 0.0702 e. The number of hydrogen-bond donors (Lipinski definition) is 1. The summed E-state index contributed by atoms with van der Waals surface area (Å²) in [6.45, 7) is 7.13. The zero-order chi connectivity index (χ0) is 15.2. The lowest BCUT2D eigenvalue weighted by molar-refractivity contribution is -0.0116. The predicted molar refractivity (Wildman–Crippen MR) is 91.4 cm³/mol. The van der Waals surface area contributed by atoms with Gasteiger partial charge < -0.3 is 10.5 Å². The summed E-state index contributed by atoms with van der Waals surface area (Å²) in [5, 5.41) is 0. The van der Waals surface area contributed by atoms with Crippen LogP contribution in [-0.4, -0.2) is 36.7 Å². The average molecular weight is 355 g/mol. The highest BCUT2D eigenvalue weighted by molar-refractivity contribution is 9.10. The SMILES string of the molecule is CCOC1CCCN(C(c2ccc(Br)cc2)C(N)CC)C1. The molecule has 3 unspecified atom stereocenters. The number of rotatable bonds is 6. The van der Waals surface area contributed by atoms with Gasteiger partial charge in [0.25, 0.3) is 0 Å². The van der Waals surface area contributed by atoms with Gasteiger partial charge in [-0.2, -0.15) is 0 Å². The van der Waals surface area contributed by atoms with Crippen LogP contribution in [-0.2, 0) is 4.74 Å². The van der Waals surface area contributed by atoms with E-state index in [2.05, 4.69) is 58.9 Å². The summed E-state index contributed by atoms with van der Waals surface area (Å²) in [7, 11) is 0. The lowest BCUT2D eigenvalue weighted by atomic mass is 9.94. The Kier molecular flexibility index (Phi) is 6.68. The molecule has 0 aromatic heterocycles. The Morgan fingerprint density at radius 1 is 1.33 bits per heavy atom. The van der Waals surface area contributed by atoms with Gasteiger partial charge >= 0.3 is 0 Å². The fraction of sp³-hybridized carbons (Fsp3) is 0.647. The Morgan fingerprint density at radius 3 is 2.67 bits per heavy atom. The summed E-state index contributed by atoms with van der Waals surface area (Å²) in [5.41, 5.74) is 7.75. The Morgan fingerprint density at radius 2 is 2.05 bits per heavy atom. The van der Waals surface area contributed by atoms with E-state index in [-0.39, 0.29) is 12.1 Å². The highest BCUT2D eigenvalue weighted by Crippen LogP contribution is 2.29. The summed E-state index contributed by atoms with van der Waals surface area (Å²) in [6.07, 6.45) is 3.69. The van der Waals surface area contributed by atoms with Crippen LogP contribution in [0.5, 0.6) is 0 Å². The Labute approximate surface area is 137 Å². The summed E-state index contributed by atoms with van der Waals surface area (Å²) in [5.74, 6) is 0. The molecule has 2 rings (SSSR count). The molecule has 1 aliphatic heterocycles. The molecule has 2 N–H and O–H groups in total. The van der Waals surface area contributed by atoms with E-state index in [1.165, 1.54) is 18.4 Å². The first-order chi connectivity index (χ1) is 10.2. The van der Waals surface area contributed by atoms with Gasteiger partial charge in [0.05, 0.1) is 6.10 Å². The standard InChI is InChI=1S/C17H27BrN2O/c1-3-16(19)17(13-7-9-14(18)10-8-13)20-11-5-6-15(12-20)21-4-2/h7-10,15-17H,3-6,11-12,19H2,1-2H3. The van der Waals surface area contributed by atoms with Gasteiger partial charge in [0.2, 0.25) is 0 Å². The second-order valence-corrected chi connectivity index (χ2v) is 6.70. The van der Waals surface area contributed by atoms with Gasteiger partial charge in [0.15, 0.2) is 0 Å². The van der Waals surface area contributed by atoms with Crippen molar-refractivity contribution in [3.05, 3.63) is 34.3 Å². The van der Waals surface area contributed by atoms with Crippen molar-refractivity contribution in [1.29, 1.82) is 0 Å². The zero-order valence-corrected chi connectivity index (χ0v) is 14.7. The number of ether oxygens (including phenoxy) is 1. The summed E-state index contributed by atoms with van der Waals surface area (Å²) >= 11 is 3.51. The van der Waals surface area contributed by atoms with Crippen LogP contribution in [0.3, 0.4) is 0 Å². The third-order valence-electron chi connectivity index (χ3n) is 4.29. The van der Waals surface area contributed by atoms with E-state index in [1.807, 2.05) is 0 Å². The quantitative estimate of drug-likeness (QED) is 0.845. The molecule has 3 nitrogen and oxygen atoms in total. The van der Waals surface area contributed by atoms with Crippen molar-refractivity contribution in [2.75, 3.05) is 19.7 Å². The minimum absolute atomic E-state index is 0.159. The summed E-state index contributed by atoms with van der Waals surface area (Å²) in [4.78, 5) is 2.52. The Bertz CT molecular complexity index is 421. The van der Waals surface area contributed by atoms with Crippen molar-refractivity contribution < 1.29 is 4.74 Å². The minimum atomic E-state index is 0.159. The molecule has 0 radical (unpaired) electrons. The third kappa shape index (κ3) is 4.52. The Balaban J connectivity index is 2.17. The highest BCUT2D eigenvalue weighted by atomic mass is 79.9. The molecule has 1 heterocycles. The largest absolute Gasteiger partial charge is 0.377 e. The van der Waals surface area contributed by atoms with Crippen molar-refractivity contribution >= 4 is 15.9 Å². The molecular weight excluding hydrogens is 328 g/mol. The highest BCUT2D eigenvalue weighted by Gasteiger charge is 2.30. The molecule has 0 aliphatic carbocycles. The number of nitrogens with zero attached hydrogens (tertiary/aromatic N) is 1. The lowest BCUT2D eigenvalue weighted by Crippen LogP contribution is -2.47. The fourth-order valence-corrected chi connectivity index (χ4v) is 3.47. The lowest BCUT2D eigenvalue weighted by Gasteiger charge is -2.40. The first-order valence-corrected chi connectivity index (χ1v) is 8.81. The molecule has 21 heavy (non-hydrogen) atoms. The fourth-order valence-electron chi connectivity index (χ4n) is 3.20. The van der Waals surface area contributed by atoms with Crippen LogP contribution in [0.2, 0.25) is 0 Å². The zero-order valence-electron chi connectivity index (χ0n) is 13.1. The molecule has 1 aliphatic rings. The maximum atomic E-state index is 6.44. The topological polar surface area (TPSA) is 38.5 Å². The minimum Gasteiger partial charge on any atom is -0.377 e. The predicted octanol–water partition coefficient (Wildman–Crippen LogP) is 3.73. The van der Waals surface area contributed by atoms with Gasteiger partial charge in [0.1, 0.15) is 0 Å². The second kappa shape index (κ2) is 8.28. The molecule has 118 valence electrons. The molecule has 0 spiro atoms. The van der Waals surface area contributed by atoms with Crippen LogP contribution < -0.4 is 5.73 Å². The van der Waals surface area contributed by atoms with Crippen molar-refractivity contribution in [2.24, 2.45) is 5.73 Å². The van der Waals surface area contributed by atoms with E-state index in [1.54, 1.807) is 0 Å². The van der Waals surface area contributed by atoms with Crippen LogP contribution in [0, 0.1) is 0 Å². The van der Waals surface area contributed by atoms with E-state index in [0.29, 0.717) is 6.10 Å². The third-order valence-corrected chi connectivity index (χ3v) is 4.82. The van der Waals surface area contributed by atoms with Crippen LogP contribution in [0.25, 0.3) is 0 Å². The van der Waals surface area contributed by atoms with Crippen molar-refractivity contribution in [3.63, 3.8) is 0 Å². The molecule has 1 saturated heterocycles. The smallest absolute Gasteiger partial charge is 0.0702 e. The molecule has 1 aromatic rings. The van der Waals surface area contributed by atoms with Gasteiger partial charge in [-0.25, -0.2) is 0 Å². The second-order valence-electron chi connectivity index (χ2n) is 5.78. The van der Waals surface area contributed by atoms with Crippen LogP contribution >= 0.6 is 15.9 Å². The average Bonchev–Trinajstić information content (AvgIpc) is 2.50. The van der Waals surface area contributed by atoms with E-state index < -0.39 is 0 Å². The maximum absolute atomic E-state index is 6.44. The van der Waals surface area contributed by atoms with Gasteiger partial charge in [0, 0.05) is 29.7 Å². The van der Waals surface area contributed by atoms with E-state index in [9.17, 15) is 0 Å². The molecule has 1 fully saturated rings. The molecule has 0 amide bonds.